The van der Waals surface area contributed by atoms with E-state index in [2.05, 4.69) is 0 Å². The number of carbonyl (C=O) groups excluding carboxylic acids is 1. The summed E-state index contributed by atoms with van der Waals surface area (Å²) in [5.41, 5.74) is 1.82. The fraction of sp³-hybridized carbons (Fsp3) is 0.353. The summed E-state index contributed by atoms with van der Waals surface area (Å²) in [5.74, 6) is 1.49. The Kier molecular flexibility index (Phi) is 5.22. The molecule has 0 aliphatic heterocycles. The van der Waals surface area contributed by atoms with Crippen molar-refractivity contribution in [2.24, 2.45) is 0 Å². The van der Waals surface area contributed by atoms with Crippen LogP contribution in [0.3, 0.4) is 0 Å². The van der Waals surface area contributed by atoms with Gasteiger partial charge in [0.15, 0.2) is 5.76 Å². The van der Waals surface area contributed by atoms with Gasteiger partial charge in [-0.3, -0.25) is 4.79 Å². The highest BCUT2D eigenvalue weighted by Gasteiger charge is 2.21. The van der Waals surface area contributed by atoms with Crippen LogP contribution in [0.1, 0.15) is 27.4 Å². The topological polar surface area (TPSA) is 62.9 Å². The Labute approximate surface area is 130 Å². The number of aliphatic hydroxyl groups is 1. The average Bonchev–Trinajstić information content (AvgIpc) is 2.86. The van der Waals surface area contributed by atoms with Crippen molar-refractivity contribution in [3.8, 4) is 5.75 Å². The number of amides is 1. The predicted molar refractivity (Wildman–Crippen MR) is 83.0 cm³/mol. The van der Waals surface area contributed by atoms with E-state index in [1.807, 2.05) is 38.1 Å². The molecule has 0 bridgehead atoms. The molecule has 0 atom stereocenters. The van der Waals surface area contributed by atoms with E-state index in [0.717, 1.165) is 16.9 Å². The van der Waals surface area contributed by atoms with Gasteiger partial charge in [-0.1, -0.05) is 18.2 Å². The lowest BCUT2D eigenvalue weighted by molar-refractivity contribution is 0.0673. The van der Waals surface area contributed by atoms with Gasteiger partial charge in [-0.2, -0.15) is 0 Å². The van der Waals surface area contributed by atoms with E-state index in [1.165, 1.54) is 0 Å². The van der Waals surface area contributed by atoms with Gasteiger partial charge < -0.3 is 19.2 Å². The third kappa shape index (κ3) is 3.49. The number of furan rings is 1. The van der Waals surface area contributed by atoms with Gasteiger partial charge in [0.1, 0.15) is 11.5 Å². The zero-order valence-corrected chi connectivity index (χ0v) is 13.1. The molecule has 1 heterocycles. The number of nitrogens with zero attached hydrogens (tertiary/aromatic N) is 1. The van der Waals surface area contributed by atoms with E-state index in [0.29, 0.717) is 18.1 Å². The molecule has 0 unspecified atom stereocenters. The maximum atomic E-state index is 12.6. The third-order valence-electron chi connectivity index (χ3n) is 3.59. The van der Waals surface area contributed by atoms with E-state index in [1.54, 1.807) is 18.1 Å². The molecule has 1 amide bonds. The van der Waals surface area contributed by atoms with Gasteiger partial charge in [-0.25, -0.2) is 0 Å². The van der Waals surface area contributed by atoms with Crippen molar-refractivity contribution in [2.45, 2.75) is 20.4 Å². The average molecular weight is 303 g/mol. The Morgan fingerprint density at radius 3 is 2.64 bits per heavy atom. The molecular formula is C17H21NO4. The number of para-hydroxylation sites is 1. The van der Waals surface area contributed by atoms with Gasteiger partial charge in [-0.15, -0.1) is 0 Å². The summed E-state index contributed by atoms with van der Waals surface area (Å²) in [6.45, 7) is 4.19. The highest BCUT2D eigenvalue weighted by Crippen LogP contribution is 2.21. The highest BCUT2D eigenvalue weighted by molar-refractivity contribution is 5.91. The summed E-state index contributed by atoms with van der Waals surface area (Å²) in [7, 11) is 1.59. The van der Waals surface area contributed by atoms with Crippen LogP contribution in [-0.4, -0.2) is 36.2 Å². The first-order chi connectivity index (χ1) is 10.6. The van der Waals surface area contributed by atoms with Crippen molar-refractivity contribution in [1.82, 2.24) is 4.90 Å². The quantitative estimate of drug-likeness (QED) is 0.891. The second-order valence-electron chi connectivity index (χ2n) is 5.11. The predicted octanol–water partition coefficient (Wildman–Crippen LogP) is 2.54. The van der Waals surface area contributed by atoms with Crippen LogP contribution >= 0.6 is 0 Å². The Morgan fingerprint density at radius 2 is 2.05 bits per heavy atom. The van der Waals surface area contributed by atoms with Crippen molar-refractivity contribution in [2.75, 3.05) is 20.3 Å². The number of aliphatic hydroxyl groups excluding tert-OH is 1. The van der Waals surface area contributed by atoms with Crippen LogP contribution in [0.25, 0.3) is 0 Å². The number of methoxy groups -OCH3 is 1. The van der Waals surface area contributed by atoms with Gasteiger partial charge in [0.2, 0.25) is 0 Å². The van der Waals surface area contributed by atoms with Crippen LogP contribution in [0.4, 0.5) is 0 Å². The minimum Gasteiger partial charge on any atom is -0.496 e. The van der Waals surface area contributed by atoms with Crippen molar-refractivity contribution in [3.05, 3.63) is 53.0 Å². The molecule has 5 heteroatoms. The highest BCUT2D eigenvalue weighted by atomic mass is 16.5. The number of aryl methyl sites for hydroxylation is 2. The van der Waals surface area contributed by atoms with Gasteiger partial charge in [-0.05, 0) is 31.5 Å². The summed E-state index contributed by atoms with van der Waals surface area (Å²) in [4.78, 5) is 14.1. The molecule has 0 saturated carbocycles. The van der Waals surface area contributed by atoms with Crippen molar-refractivity contribution in [1.29, 1.82) is 0 Å². The normalized spacial score (nSPS) is 10.5. The molecule has 5 nitrogen and oxygen atoms in total. The maximum Gasteiger partial charge on any atom is 0.289 e. The second kappa shape index (κ2) is 7.13. The Morgan fingerprint density at radius 1 is 1.32 bits per heavy atom. The molecule has 0 saturated heterocycles. The Bertz CT molecular complexity index is 628. The summed E-state index contributed by atoms with van der Waals surface area (Å²) in [6, 6.07) is 9.23. The van der Waals surface area contributed by atoms with Crippen molar-refractivity contribution < 1.29 is 19.1 Å². The lowest BCUT2D eigenvalue weighted by atomic mass is 10.1. The molecule has 0 aliphatic rings. The SMILES string of the molecule is COc1ccccc1CN(CCO)C(=O)c1cc(C)c(C)o1. The zero-order chi connectivity index (χ0) is 16.1. The maximum absolute atomic E-state index is 12.6. The molecule has 0 spiro atoms. The minimum absolute atomic E-state index is 0.112. The Hall–Kier alpha value is -2.27. The van der Waals surface area contributed by atoms with E-state index in [-0.39, 0.29) is 19.1 Å². The summed E-state index contributed by atoms with van der Waals surface area (Å²) >= 11 is 0. The van der Waals surface area contributed by atoms with E-state index < -0.39 is 0 Å². The van der Waals surface area contributed by atoms with E-state index in [4.69, 9.17) is 9.15 Å². The van der Waals surface area contributed by atoms with Crippen molar-refractivity contribution in [3.63, 3.8) is 0 Å². The standard InChI is InChI=1S/C17H21NO4/c1-12-10-16(22-13(12)2)17(20)18(8-9-19)11-14-6-4-5-7-15(14)21-3/h4-7,10,19H,8-9,11H2,1-3H3. The number of hydrogen-bond donors (Lipinski definition) is 1. The van der Waals surface area contributed by atoms with Crippen molar-refractivity contribution >= 4 is 5.91 Å². The smallest absolute Gasteiger partial charge is 0.289 e. The van der Waals surface area contributed by atoms with Crippen LogP contribution in [0.15, 0.2) is 34.7 Å². The number of benzene rings is 1. The molecule has 0 fully saturated rings. The van der Waals surface area contributed by atoms with Crippen LogP contribution < -0.4 is 4.74 Å². The molecule has 2 rings (SSSR count). The Balaban J connectivity index is 2.24. The lowest BCUT2D eigenvalue weighted by Crippen LogP contribution is -2.33. The molecule has 0 radical (unpaired) electrons. The summed E-state index contributed by atoms with van der Waals surface area (Å²) < 4.78 is 10.8. The second-order valence-corrected chi connectivity index (χ2v) is 5.11. The molecule has 1 aromatic heterocycles. The van der Waals surface area contributed by atoms with Crippen LogP contribution in [0.5, 0.6) is 5.75 Å². The fourth-order valence-corrected chi connectivity index (χ4v) is 2.25. The first-order valence-corrected chi connectivity index (χ1v) is 7.16. The molecule has 0 aliphatic carbocycles. The summed E-state index contributed by atoms with van der Waals surface area (Å²) in [6.07, 6.45) is 0. The fourth-order valence-electron chi connectivity index (χ4n) is 2.25. The molecular weight excluding hydrogens is 282 g/mol. The molecule has 22 heavy (non-hydrogen) atoms. The molecule has 2 aromatic rings. The van der Waals surface area contributed by atoms with E-state index in [9.17, 15) is 9.90 Å². The zero-order valence-electron chi connectivity index (χ0n) is 13.1. The van der Waals surface area contributed by atoms with Gasteiger partial charge >= 0.3 is 0 Å². The number of hydrogen-bond acceptors (Lipinski definition) is 4. The third-order valence-corrected chi connectivity index (χ3v) is 3.59. The summed E-state index contributed by atoms with van der Waals surface area (Å²) in [5, 5.41) is 9.24. The van der Waals surface area contributed by atoms with E-state index >= 15 is 0 Å². The van der Waals surface area contributed by atoms with Gasteiger partial charge in [0.05, 0.1) is 13.7 Å². The monoisotopic (exact) mass is 303 g/mol. The lowest BCUT2D eigenvalue weighted by Gasteiger charge is -2.21. The van der Waals surface area contributed by atoms with Gasteiger partial charge in [0.25, 0.3) is 5.91 Å². The number of rotatable bonds is 6. The number of carbonyl (C=O) groups is 1. The number of ether oxygens (including phenoxy) is 1. The largest absolute Gasteiger partial charge is 0.496 e. The van der Waals surface area contributed by atoms with Crippen LogP contribution in [-0.2, 0) is 6.54 Å². The molecule has 1 aromatic carbocycles. The first kappa shape index (κ1) is 16.1. The molecule has 1 N–H and O–H groups in total. The van der Waals surface area contributed by atoms with Crippen LogP contribution in [0, 0.1) is 13.8 Å². The molecule has 118 valence electrons. The van der Waals surface area contributed by atoms with Crippen LogP contribution in [0.2, 0.25) is 0 Å². The first-order valence-electron chi connectivity index (χ1n) is 7.16. The minimum atomic E-state index is -0.240. The van der Waals surface area contributed by atoms with Gasteiger partial charge in [0, 0.05) is 18.7 Å².